The van der Waals surface area contributed by atoms with Crippen LogP contribution < -0.4 is 0 Å². The second-order valence-electron chi connectivity index (χ2n) is 10.6. The summed E-state index contributed by atoms with van der Waals surface area (Å²) in [7, 11) is 2.05. The van der Waals surface area contributed by atoms with E-state index in [-0.39, 0.29) is 46.3 Å². The highest BCUT2D eigenvalue weighted by Crippen LogP contribution is 2.81. The van der Waals surface area contributed by atoms with Crippen molar-refractivity contribution in [3.05, 3.63) is 12.2 Å². The second kappa shape index (κ2) is 4.18. The third-order valence-electron chi connectivity index (χ3n) is 9.69. The smallest absolute Gasteiger partial charge is 0.145 e. The predicted octanol–water partition coefficient (Wildman–Crippen LogP) is 0.789. The summed E-state index contributed by atoms with van der Waals surface area (Å²) in [6, 6.07) is 0.0183. The number of Topliss-reactive ketones (excluding diaryl/α,β-unsaturated/α-hetero) is 2. The fraction of sp³-hybridized carbons (Fsp3) is 0.810. The number of piperidine rings is 1. The fourth-order valence-corrected chi connectivity index (χ4v) is 9.52. The van der Waals surface area contributed by atoms with Gasteiger partial charge in [-0.15, -0.1) is 0 Å². The number of nitrogens with zero attached hydrogens (tertiary/aromatic N) is 1. The first-order valence-corrected chi connectivity index (χ1v) is 9.99. The van der Waals surface area contributed by atoms with E-state index >= 15 is 0 Å². The number of likely N-dealkylation sites (tertiary alicyclic amines) is 1. The molecule has 5 nitrogen and oxygen atoms in total. The van der Waals surface area contributed by atoms with Gasteiger partial charge in [-0.25, -0.2) is 0 Å². The number of fused-ring (bicyclic) bond motifs is 1. The number of hydrogen-bond donors (Lipinski definition) is 2. The van der Waals surface area contributed by atoms with Gasteiger partial charge in [0.25, 0.3) is 0 Å². The summed E-state index contributed by atoms with van der Waals surface area (Å²) in [5.74, 6) is 0.382. The molecule has 6 bridgehead atoms. The van der Waals surface area contributed by atoms with Crippen molar-refractivity contribution in [2.75, 3.05) is 13.6 Å². The lowest BCUT2D eigenvalue weighted by atomic mass is 9.39. The Bertz CT molecular complexity index is 793. The van der Waals surface area contributed by atoms with Crippen LogP contribution in [0.1, 0.15) is 32.6 Å². The molecule has 1 saturated heterocycles. The number of hydrogen-bond acceptors (Lipinski definition) is 5. The minimum absolute atomic E-state index is 0.0183. The molecule has 1 aliphatic heterocycles. The molecule has 0 aromatic rings. The molecular formula is C21H27NO4. The molecule has 0 aromatic carbocycles. The standard InChI is InChI=1S/C21H27NO4/c1-9-5-20-6-11(23)16-19(2)8-22(3)17-14(20)15(25)10(9)4-13(20)21(16,17)7-12(24)18(19)26/h10,12-14,16-18,24,26H,1,4-8H2,2-3H3/t10-,12+,13+,14+,16+,17+,18+,19+,20-,21+/m0/s1. The molecule has 7 rings (SSSR count). The van der Waals surface area contributed by atoms with E-state index in [1.807, 2.05) is 6.92 Å². The molecule has 5 heteroatoms. The minimum atomic E-state index is -0.886. The molecule has 7 aliphatic rings. The quantitative estimate of drug-likeness (QED) is 0.627. The second-order valence-corrected chi connectivity index (χ2v) is 10.6. The van der Waals surface area contributed by atoms with Gasteiger partial charge in [0.2, 0.25) is 0 Å². The molecular weight excluding hydrogens is 330 g/mol. The molecule has 0 unspecified atom stereocenters. The van der Waals surface area contributed by atoms with Crippen molar-refractivity contribution in [2.24, 2.45) is 39.9 Å². The summed E-state index contributed by atoms with van der Waals surface area (Å²) in [5.41, 5.74) is -0.280. The lowest BCUT2D eigenvalue weighted by Gasteiger charge is -2.67. The van der Waals surface area contributed by atoms with Gasteiger partial charge in [0.05, 0.1) is 12.2 Å². The number of rotatable bonds is 0. The van der Waals surface area contributed by atoms with Crippen LogP contribution in [-0.4, -0.2) is 58.5 Å². The lowest BCUT2D eigenvalue weighted by molar-refractivity contribution is -0.240. The molecule has 0 radical (unpaired) electrons. The summed E-state index contributed by atoms with van der Waals surface area (Å²) < 4.78 is 0. The van der Waals surface area contributed by atoms with Crippen molar-refractivity contribution in [1.29, 1.82) is 0 Å². The van der Waals surface area contributed by atoms with Crippen LogP contribution in [0.5, 0.6) is 0 Å². The van der Waals surface area contributed by atoms with E-state index in [9.17, 15) is 19.8 Å². The van der Waals surface area contributed by atoms with Gasteiger partial charge in [0.15, 0.2) is 0 Å². The van der Waals surface area contributed by atoms with Crippen molar-refractivity contribution in [2.45, 2.75) is 50.9 Å². The van der Waals surface area contributed by atoms with Crippen molar-refractivity contribution in [1.82, 2.24) is 4.90 Å². The SMILES string of the molecule is C=C1C[C@@]23CC(=O)[C@@H]4[C@@]5(C)CN(C)[C@@H]6[C@H]2C(=O)[C@H]1C[C@H]3[C@]46C[C@@H](O)[C@H]5O. The maximum atomic E-state index is 13.5. The van der Waals surface area contributed by atoms with Crippen LogP contribution in [0.2, 0.25) is 0 Å². The number of carbonyl (C=O) groups excluding carboxylic acids is 2. The van der Waals surface area contributed by atoms with E-state index in [2.05, 4.69) is 18.5 Å². The maximum Gasteiger partial charge on any atom is 0.145 e. The van der Waals surface area contributed by atoms with Gasteiger partial charge in [-0.1, -0.05) is 19.1 Å². The Labute approximate surface area is 153 Å². The maximum absolute atomic E-state index is 13.5. The third kappa shape index (κ3) is 1.28. The Morgan fingerprint density at radius 1 is 1.23 bits per heavy atom. The van der Waals surface area contributed by atoms with Crippen molar-refractivity contribution >= 4 is 11.6 Å². The van der Waals surface area contributed by atoms with Crippen LogP contribution in [0.3, 0.4) is 0 Å². The lowest BCUT2D eigenvalue weighted by Crippen LogP contribution is -2.74. The van der Waals surface area contributed by atoms with Crippen LogP contribution in [0.25, 0.3) is 0 Å². The zero-order chi connectivity index (χ0) is 18.4. The first-order chi connectivity index (χ1) is 12.2. The minimum Gasteiger partial charge on any atom is -0.390 e. The summed E-state index contributed by atoms with van der Waals surface area (Å²) in [5, 5.41) is 21.7. The van der Waals surface area contributed by atoms with E-state index in [1.54, 1.807) is 0 Å². The van der Waals surface area contributed by atoms with E-state index in [1.165, 1.54) is 0 Å². The van der Waals surface area contributed by atoms with Crippen molar-refractivity contribution in [3.8, 4) is 0 Å². The van der Waals surface area contributed by atoms with Gasteiger partial charge in [0, 0.05) is 47.6 Å². The Hall–Kier alpha value is -1.04. The van der Waals surface area contributed by atoms with Gasteiger partial charge in [0.1, 0.15) is 11.6 Å². The van der Waals surface area contributed by atoms with E-state index in [4.69, 9.17) is 0 Å². The monoisotopic (exact) mass is 357 g/mol. The van der Waals surface area contributed by atoms with E-state index in [0.717, 1.165) is 18.4 Å². The number of carbonyl (C=O) groups is 2. The topological polar surface area (TPSA) is 77.8 Å². The normalized spacial score (nSPS) is 62.8. The van der Waals surface area contributed by atoms with Gasteiger partial charge >= 0.3 is 0 Å². The fourth-order valence-electron chi connectivity index (χ4n) is 9.52. The van der Waals surface area contributed by atoms with Gasteiger partial charge in [-0.05, 0) is 37.6 Å². The molecule has 0 aromatic heterocycles. The molecule has 1 heterocycles. The zero-order valence-electron chi connectivity index (χ0n) is 15.4. The molecule has 2 spiro atoms. The number of allylic oxidation sites excluding steroid dienone is 1. The largest absolute Gasteiger partial charge is 0.390 e. The van der Waals surface area contributed by atoms with Crippen LogP contribution in [0.4, 0.5) is 0 Å². The molecule has 26 heavy (non-hydrogen) atoms. The first kappa shape index (κ1) is 16.0. The van der Waals surface area contributed by atoms with Crippen LogP contribution >= 0.6 is 0 Å². The third-order valence-corrected chi connectivity index (χ3v) is 9.69. The van der Waals surface area contributed by atoms with Crippen LogP contribution in [0, 0.1) is 39.9 Å². The molecule has 2 N–H and O–H groups in total. The van der Waals surface area contributed by atoms with Crippen molar-refractivity contribution < 1.29 is 19.8 Å². The van der Waals surface area contributed by atoms with Gasteiger partial charge in [-0.2, -0.15) is 0 Å². The van der Waals surface area contributed by atoms with Crippen LogP contribution in [-0.2, 0) is 9.59 Å². The Morgan fingerprint density at radius 3 is 2.69 bits per heavy atom. The molecule has 6 saturated carbocycles. The van der Waals surface area contributed by atoms with Gasteiger partial charge < -0.3 is 15.1 Å². The molecule has 6 aliphatic carbocycles. The number of aliphatic hydroxyl groups is 2. The highest BCUT2D eigenvalue weighted by Gasteiger charge is 2.84. The van der Waals surface area contributed by atoms with E-state index in [0.29, 0.717) is 25.2 Å². The molecule has 10 atom stereocenters. The Morgan fingerprint density at radius 2 is 1.96 bits per heavy atom. The Balaban J connectivity index is 1.67. The van der Waals surface area contributed by atoms with Crippen LogP contribution in [0.15, 0.2) is 12.2 Å². The highest BCUT2D eigenvalue weighted by molar-refractivity contribution is 5.95. The highest BCUT2D eigenvalue weighted by atomic mass is 16.3. The molecule has 140 valence electrons. The zero-order valence-corrected chi connectivity index (χ0v) is 15.4. The average Bonchev–Trinajstić information content (AvgIpc) is 2.64. The first-order valence-electron chi connectivity index (χ1n) is 9.99. The number of ketones is 2. The summed E-state index contributed by atoms with van der Waals surface area (Å²) in [6.45, 7) is 6.74. The number of aliphatic hydroxyl groups excluding tert-OH is 2. The van der Waals surface area contributed by atoms with Crippen molar-refractivity contribution in [3.63, 3.8) is 0 Å². The predicted molar refractivity (Wildman–Crippen MR) is 93.0 cm³/mol. The summed E-state index contributed by atoms with van der Waals surface area (Å²) in [6.07, 6.45) is 0.786. The van der Waals surface area contributed by atoms with E-state index < -0.39 is 17.6 Å². The molecule has 7 fully saturated rings. The summed E-state index contributed by atoms with van der Waals surface area (Å²) in [4.78, 5) is 29.2. The summed E-state index contributed by atoms with van der Waals surface area (Å²) >= 11 is 0. The Kier molecular flexibility index (Phi) is 2.57. The average molecular weight is 357 g/mol. The molecule has 0 amide bonds. The van der Waals surface area contributed by atoms with Gasteiger partial charge in [-0.3, -0.25) is 9.59 Å².